The number of carbonyl (C=O) groups excluding carboxylic acids is 2. The molecule has 0 saturated heterocycles. The molecule has 9 atom stereocenters. The van der Waals surface area contributed by atoms with Crippen LogP contribution < -0.4 is 0 Å². The van der Waals surface area contributed by atoms with Crippen LogP contribution in [0.15, 0.2) is 122 Å². The minimum absolute atomic E-state index is 0.0353. The molecule has 7 N–H and O–H groups in total. The fourth-order valence-corrected chi connectivity index (χ4v) is 7.07. The van der Waals surface area contributed by atoms with Crippen molar-refractivity contribution in [1.82, 2.24) is 0 Å². The van der Waals surface area contributed by atoms with Crippen LogP contribution in [0.4, 0.5) is 0 Å². The molecule has 372 valence electrons. The zero-order valence-corrected chi connectivity index (χ0v) is 39.9. The van der Waals surface area contributed by atoms with Crippen molar-refractivity contribution >= 4 is 19.8 Å². The number of phosphoric ester groups is 1. The molecule has 0 aliphatic heterocycles. The van der Waals surface area contributed by atoms with E-state index in [1.807, 2.05) is 60.8 Å². The summed E-state index contributed by atoms with van der Waals surface area (Å²) < 4.78 is 33.3. The van der Waals surface area contributed by atoms with Crippen molar-refractivity contribution in [3.63, 3.8) is 0 Å². The van der Waals surface area contributed by atoms with E-state index in [0.717, 1.165) is 44.9 Å². The molecule has 0 spiro atoms. The minimum atomic E-state index is -5.18. The monoisotopic (exact) mass is 947 g/mol. The molecule has 0 radical (unpaired) electrons. The number of ether oxygens (including phenoxy) is 2. The van der Waals surface area contributed by atoms with Crippen LogP contribution in [0.25, 0.3) is 0 Å². The van der Waals surface area contributed by atoms with Gasteiger partial charge in [-0.1, -0.05) is 148 Å². The number of rotatable bonds is 36. The molecule has 0 amide bonds. The Labute approximate surface area is 393 Å². The van der Waals surface area contributed by atoms with Gasteiger partial charge in [0.1, 0.15) is 43.2 Å². The summed E-state index contributed by atoms with van der Waals surface area (Å²) in [7, 11) is -5.18. The summed E-state index contributed by atoms with van der Waals surface area (Å²) in [6, 6.07) is 0. The average Bonchev–Trinajstić information content (AvgIpc) is 3.29. The third kappa shape index (κ3) is 31.2. The summed E-state index contributed by atoms with van der Waals surface area (Å²) in [6.45, 7) is 2.95. The molecular weight excluding hydrogens is 868 g/mol. The van der Waals surface area contributed by atoms with Gasteiger partial charge >= 0.3 is 19.8 Å². The zero-order chi connectivity index (χ0) is 48.7. The molecule has 0 aromatic heterocycles. The van der Waals surface area contributed by atoms with Gasteiger partial charge in [-0.25, -0.2) is 4.57 Å². The second kappa shape index (κ2) is 39.2. The van der Waals surface area contributed by atoms with Crippen LogP contribution in [0.2, 0.25) is 0 Å². The van der Waals surface area contributed by atoms with E-state index in [1.165, 1.54) is 12.8 Å². The average molecular weight is 947 g/mol. The molecule has 1 aliphatic carbocycles. The summed E-state index contributed by atoms with van der Waals surface area (Å²) >= 11 is 0. The number of carbonyl (C=O) groups is 2. The van der Waals surface area contributed by atoms with Gasteiger partial charge in [-0.05, 0) is 83.5 Å². The maximum Gasteiger partial charge on any atom is 0.472 e. The Balaban J connectivity index is 2.59. The molecule has 0 heterocycles. The normalized spacial score (nSPS) is 22.9. The van der Waals surface area contributed by atoms with Gasteiger partial charge in [-0.15, -0.1) is 0 Å². The third-order valence-corrected chi connectivity index (χ3v) is 10.9. The first-order chi connectivity index (χ1) is 31.8. The highest BCUT2D eigenvalue weighted by molar-refractivity contribution is 7.47. The lowest BCUT2D eigenvalue weighted by Gasteiger charge is -2.41. The third-order valence-electron chi connectivity index (χ3n) is 9.88. The highest BCUT2D eigenvalue weighted by Gasteiger charge is 2.51. The maximum absolute atomic E-state index is 12.8. The molecule has 0 aromatic rings. The van der Waals surface area contributed by atoms with Gasteiger partial charge in [0.15, 0.2) is 6.10 Å². The molecule has 0 bridgehead atoms. The molecule has 1 fully saturated rings. The highest BCUT2D eigenvalue weighted by Crippen LogP contribution is 2.47. The Morgan fingerprint density at radius 1 is 0.561 bits per heavy atom. The maximum atomic E-state index is 12.8. The predicted octanol–water partition coefficient (Wildman–Crippen LogP) is 8.36. The number of esters is 2. The van der Waals surface area contributed by atoms with E-state index < -0.39 is 81.8 Å². The van der Waals surface area contributed by atoms with Crippen LogP contribution in [0.3, 0.4) is 0 Å². The number of aliphatic hydroxyl groups is 6. The first-order valence-electron chi connectivity index (χ1n) is 23.4. The molecule has 0 aromatic carbocycles. The smallest absolute Gasteiger partial charge is 0.462 e. The van der Waals surface area contributed by atoms with E-state index in [4.69, 9.17) is 18.5 Å². The van der Waals surface area contributed by atoms with Gasteiger partial charge in [-0.2, -0.15) is 0 Å². The van der Waals surface area contributed by atoms with Gasteiger partial charge in [0.25, 0.3) is 0 Å². The molecule has 1 aliphatic rings. The van der Waals surface area contributed by atoms with Gasteiger partial charge in [0.2, 0.25) is 0 Å². The van der Waals surface area contributed by atoms with Crippen molar-refractivity contribution in [1.29, 1.82) is 0 Å². The Morgan fingerprint density at radius 2 is 1.06 bits per heavy atom. The first-order valence-corrected chi connectivity index (χ1v) is 24.9. The number of allylic oxidation sites excluding steroid dienone is 18. The standard InChI is InChI=1S/C51H79O14P/c1-3-5-7-9-11-12-13-14-15-16-17-18-19-20-21-22-27-31-35-39-45(54)64-43(41-63-66(60,61)65-51-49(58)47(56)46(55)48(57)50(51)59)40-62-44(53)38-34-30-26-24-23-25-29-33-37-42(52)36-32-28-10-8-6-4-2/h5,7,11-12,14-15,17-18,20-21,24-29,31-33,37,42-43,46-52,55-59H,3-4,6,8-10,13,16,19,22-23,30,34-36,38-41H2,1-2H3,(H,60,61)/b7-5-,12-11-,15-14-,18-17-,21-20-,26-24-,29-25-,31-27-,32-28-,37-33+/t42-,43-,46?,47-,48+,49-,50-,51?/m1/s1. The van der Waals surface area contributed by atoms with Crippen molar-refractivity contribution < 1.29 is 68.2 Å². The lowest BCUT2D eigenvalue weighted by molar-refractivity contribution is -0.220. The van der Waals surface area contributed by atoms with E-state index in [-0.39, 0.29) is 12.8 Å². The molecule has 15 heteroatoms. The quantitative estimate of drug-likeness (QED) is 0.0103. The fraction of sp³-hybridized carbons (Fsp3) is 0.569. The summed E-state index contributed by atoms with van der Waals surface area (Å²) in [4.78, 5) is 35.7. The van der Waals surface area contributed by atoms with Crippen molar-refractivity contribution in [2.24, 2.45) is 0 Å². The molecule has 3 unspecified atom stereocenters. The Hall–Kier alpha value is -3.79. The Morgan fingerprint density at radius 3 is 1.64 bits per heavy atom. The zero-order valence-electron chi connectivity index (χ0n) is 39.0. The van der Waals surface area contributed by atoms with Crippen molar-refractivity contribution in [2.45, 2.75) is 172 Å². The number of unbranched alkanes of at least 4 members (excludes halogenated alkanes) is 4. The Bertz CT molecular complexity index is 1630. The van der Waals surface area contributed by atoms with Crippen LogP contribution in [0.5, 0.6) is 0 Å². The minimum Gasteiger partial charge on any atom is -0.462 e. The number of hydrogen-bond acceptors (Lipinski definition) is 13. The number of hydrogen-bond donors (Lipinski definition) is 7. The summed E-state index contributed by atoms with van der Waals surface area (Å²) in [5, 5.41) is 60.2. The summed E-state index contributed by atoms with van der Waals surface area (Å²) in [5.41, 5.74) is 0. The fourth-order valence-electron chi connectivity index (χ4n) is 6.09. The van der Waals surface area contributed by atoms with E-state index in [2.05, 4.69) is 68.5 Å². The van der Waals surface area contributed by atoms with E-state index in [9.17, 15) is 49.7 Å². The van der Waals surface area contributed by atoms with Crippen LogP contribution in [0, 0.1) is 0 Å². The van der Waals surface area contributed by atoms with Crippen LogP contribution in [-0.2, 0) is 32.7 Å². The SMILES string of the molecule is CC/C=C\C/C=C\C/C=C\C/C=C\C/C=C\C/C=C\CCC(=O)O[C@H](COC(=O)CCC/C=C\C/C=C\C=C\[C@H](O)C/C=C\CCCCC)COP(=O)(O)OC1[C@H](O)[C@H](O)C(O)[C@H](O)[C@H]1O. The van der Waals surface area contributed by atoms with Crippen LogP contribution >= 0.6 is 7.82 Å². The van der Waals surface area contributed by atoms with Crippen LogP contribution in [-0.4, -0.2) is 110 Å². The molecule has 66 heavy (non-hydrogen) atoms. The second-order valence-electron chi connectivity index (χ2n) is 15.7. The van der Waals surface area contributed by atoms with Crippen molar-refractivity contribution in [3.8, 4) is 0 Å². The van der Waals surface area contributed by atoms with E-state index >= 15 is 0 Å². The molecule has 1 saturated carbocycles. The summed E-state index contributed by atoms with van der Waals surface area (Å²) in [5.74, 6) is -1.32. The number of aliphatic hydroxyl groups excluding tert-OH is 6. The van der Waals surface area contributed by atoms with Gasteiger partial charge < -0.3 is 45.0 Å². The van der Waals surface area contributed by atoms with Crippen LogP contribution in [0.1, 0.15) is 123 Å². The van der Waals surface area contributed by atoms with Gasteiger partial charge in [-0.3, -0.25) is 18.6 Å². The molecule has 1 rings (SSSR count). The van der Waals surface area contributed by atoms with E-state index in [0.29, 0.717) is 38.5 Å². The number of phosphoric acid groups is 1. The lowest BCUT2D eigenvalue weighted by atomic mass is 9.85. The first kappa shape index (κ1) is 60.2. The van der Waals surface area contributed by atoms with Crippen molar-refractivity contribution in [3.05, 3.63) is 122 Å². The molecule has 14 nitrogen and oxygen atoms in total. The summed E-state index contributed by atoms with van der Waals surface area (Å²) in [6.07, 6.45) is 38.6. The predicted molar refractivity (Wildman–Crippen MR) is 259 cm³/mol. The van der Waals surface area contributed by atoms with Gasteiger partial charge in [0.05, 0.1) is 12.7 Å². The Kier molecular flexibility index (Phi) is 35.8. The topological polar surface area (TPSA) is 230 Å². The van der Waals surface area contributed by atoms with E-state index in [1.54, 1.807) is 6.08 Å². The van der Waals surface area contributed by atoms with Crippen molar-refractivity contribution in [2.75, 3.05) is 13.2 Å². The van der Waals surface area contributed by atoms with Gasteiger partial charge in [0, 0.05) is 12.8 Å². The second-order valence-corrected chi connectivity index (χ2v) is 17.1. The largest absolute Gasteiger partial charge is 0.472 e. The molecular formula is C51H79O14P. The highest BCUT2D eigenvalue weighted by atomic mass is 31.2. The lowest BCUT2D eigenvalue weighted by Crippen LogP contribution is -2.64.